The largest absolute Gasteiger partial charge is 0.295 e. The number of halogens is 2. The first-order chi connectivity index (χ1) is 8.47. The highest BCUT2D eigenvalue weighted by atomic mass is 35.5. The number of aryl methyl sites for hydroxylation is 1. The van der Waals surface area contributed by atoms with Crippen LogP contribution >= 0.6 is 11.6 Å². The number of carbonyl (C=O) groups excluding carboxylic acids is 1. The van der Waals surface area contributed by atoms with Crippen LogP contribution in [-0.2, 0) is 0 Å². The molecule has 0 N–H and O–H groups in total. The summed E-state index contributed by atoms with van der Waals surface area (Å²) in [5.74, 6) is -0.561. The molecule has 18 heavy (non-hydrogen) atoms. The fourth-order valence-electron chi connectivity index (χ4n) is 1.90. The maximum atomic E-state index is 13.5. The standard InChI is InChI=1S/C15H12ClFO/c1-9-5-13(16)3-4-15(9)12-6-11(10(2)18)7-14(17)8-12/h3-8H,1-2H3. The van der Waals surface area contributed by atoms with Gasteiger partial charge in [0, 0.05) is 10.6 Å². The Morgan fingerprint density at radius 2 is 1.89 bits per heavy atom. The lowest BCUT2D eigenvalue weighted by atomic mass is 9.98. The van der Waals surface area contributed by atoms with Crippen molar-refractivity contribution >= 4 is 17.4 Å². The van der Waals surface area contributed by atoms with Gasteiger partial charge in [0.1, 0.15) is 5.82 Å². The summed E-state index contributed by atoms with van der Waals surface area (Å²) in [6, 6.07) is 9.76. The van der Waals surface area contributed by atoms with Gasteiger partial charge in [0.2, 0.25) is 0 Å². The van der Waals surface area contributed by atoms with E-state index >= 15 is 0 Å². The molecule has 0 fully saturated rings. The van der Waals surface area contributed by atoms with Crippen LogP contribution in [0, 0.1) is 12.7 Å². The van der Waals surface area contributed by atoms with Crippen LogP contribution in [0.2, 0.25) is 5.02 Å². The molecule has 0 amide bonds. The number of hydrogen-bond donors (Lipinski definition) is 0. The summed E-state index contributed by atoms with van der Waals surface area (Å²) in [6.45, 7) is 3.33. The number of Topliss-reactive ketones (excluding diaryl/α,β-unsaturated/α-hetero) is 1. The lowest BCUT2D eigenvalue weighted by Gasteiger charge is -2.08. The molecule has 0 heterocycles. The van der Waals surface area contributed by atoms with Crippen molar-refractivity contribution in [3.63, 3.8) is 0 Å². The van der Waals surface area contributed by atoms with Crippen molar-refractivity contribution in [2.45, 2.75) is 13.8 Å². The summed E-state index contributed by atoms with van der Waals surface area (Å²) in [5.41, 5.74) is 2.89. The minimum atomic E-state index is -0.410. The van der Waals surface area contributed by atoms with Crippen LogP contribution in [0.1, 0.15) is 22.8 Å². The number of rotatable bonds is 2. The Kier molecular flexibility index (Phi) is 3.48. The van der Waals surface area contributed by atoms with E-state index in [9.17, 15) is 9.18 Å². The molecular formula is C15H12ClFO. The second kappa shape index (κ2) is 4.91. The van der Waals surface area contributed by atoms with Crippen LogP contribution in [0.25, 0.3) is 11.1 Å². The van der Waals surface area contributed by atoms with Gasteiger partial charge in [-0.2, -0.15) is 0 Å². The van der Waals surface area contributed by atoms with E-state index in [2.05, 4.69) is 0 Å². The van der Waals surface area contributed by atoms with Crippen LogP contribution < -0.4 is 0 Å². The van der Waals surface area contributed by atoms with Crippen molar-refractivity contribution in [2.24, 2.45) is 0 Å². The normalized spacial score (nSPS) is 10.4. The minimum Gasteiger partial charge on any atom is -0.295 e. The third-order valence-electron chi connectivity index (χ3n) is 2.80. The predicted molar refractivity (Wildman–Crippen MR) is 71.6 cm³/mol. The van der Waals surface area contributed by atoms with Crippen LogP contribution in [0.3, 0.4) is 0 Å². The smallest absolute Gasteiger partial charge is 0.159 e. The lowest BCUT2D eigenvalue weighted by Crippen LogP contribution is -1.95. The van der Waals surface area contributed by atoms with Gasteiger partial charge in [-0.25, -0.2) is 4.39 Å². The average molecular weight is 263 g/mol. The first kappa shape index (κ1) is 12.8. The monoisotopic (exact) mass is 262 g/mol. The molecule has 0 aliphatic heterocycles. The third-order valence-corrected chi connectivity index (χ3v) is 3.04. The Hall–Kier alpha value is -1.67. The second-order valence-electron chi connectivity index (χ2n) is 4.24. The van der Waals surface area contributed by atoms with Gasteiger partial charge in [-0.1, -0.05) is 17.7 Å². The van der Waals surface area contributed by atoms with Crippen molar-refractivity contribution in [1.29, 1.82) is 0 Å². The quantitative estimate of drug-likeness (QED) is 0.720. The highest BCUT2D eigenvalue weighted by Gasteiger charge is 2.08. The Morgan fingerprint density at radius 1 is 1.17 bits per heavy atom. The molecule has 2 aromatic rings. The Labute approximate surface area is 110 Å². The van der Waals surface area contributed by atoms with Gasteiger partial charge < -0.3 is 0 Å². The molecule has 0 aliphatic rings. The zero-order chi connectivity index (χ0) is 13.3. The molecule has 0 saturated carbocycles. The fraction of sp³-hybridized carbons (Fsp3) is 0.133. The zero-order valence-corrected chi connectivity index (χ0v) is 10.9. The summed E-state index contributed by atoms with van der Waals surface area (Å²) in [7, 11) is 0. The zero-order valence-electron chi connectivity index (χ0n) is 10.1. The summed E-state index contributed by atoms with van der Waals surface area (Å²) in [6.07, 6.45) is 0. The van der Waals surface area contributed by atoms with E-state index in [1.54, 1.807) is 12.1 Å². The lowest BCUT2D eigenvalue weighted by molar-refractivity contribution is 0.101. The maximum Gasteiger partial charge on any atom is 0.159 e. The van der Waals surface area contributed by atoms with Gasteiger partial charge in [-0.05, 0) is 60.9 Å². The molecule has 0 saturated heterocycles. The van der Waals surface area contributed by atoms with Crippen LogP contribution in [-0.4, -0.2) is 5.78 Å². The van der Waals surface area contributed by atoms with Gasteiger partial charge in [0.15, 0.2) is 5.78 Å². The molecule has 92 valence electrons. The van der Waals surface area contributed by atoms with Gasteiger partial charge in [-0.3, -0.25) is 4.79 Å². The average Bonchev–Trinajstić information content (AvgIpc) is 2.27. The van der Waals surface area contributed by atoms with E-state index in [1.807, 2.05) is 19.1 Å². The van der Waals surface area contributed by atoms with Crippen LogP contribution in [0.5, 0.6) is 0 Å². The van der Waals surface area contributed by atoms with E-state index in [0.29, 0.717) is 16.1 Å². The summed E-state index contributed by atoms with van der Waals surface area (Å²) in [4.78, 5) is 11.3. The molecule has 0 aliphatic carbocycles. The van der Waals surface area contributed by atoms with E-state index in [-0.39, 0.29) is 5.78 Å². The Bertz CT molecular complexity index is 620. The fourth-order valence-corrected chi connectivity index (χ4v) is 2.13. The summed E-state index contributed by atoms with van der Waals surface area (Å²) >= 11 is 5.89. The number of hydrogen-bond acceptors (Lipinski definition) is 1. The van der Waals surface area contributed by atoms with E-state index in [0.717, 1.165) is 11.1 Å². The van der Waals surface area contributed by atoms with Gasteiger partial charge in [0.25, 0.3) is 0 Å². The molecule has 2 rings (SSSR count). The number of ketones is 1. The molecule has 1 nitrogen and oxygen atoms in total. The van der Waals surface area contributed by atoms with E-state index < -0.39 is 5.82 Å². The minimum absolute atomic E-state index is 0.151. The van der Waals surface area contributed by atoms with E-state index in [1.165, 1.54) is 19.1 Å². The third kappa shape index (κ3) is 2.59. The number of carbonyl (C=O) groups is 1. The van der Waals surface area contributed by atoms with Crippen LogP contribution in [0.15, 0.2) is 36.4 Å². The second-order valence-corrected chi connectivity index (χ2v) is 4.68. The predicted octanol–water partition coefficient (Wildman–Crippen LogP) is 4.66. The van der Waals surface area contributed by atoms with Crippen molar-refractivity contribution in [1.82, 2.24) is 0 Å². The van der Waals surface area contributed by atoms with Gasteiger partial charge in [0.05, 0.1) is 0 Å². The highest BCUT2D eigenvalue weighted by Crippen LogP contribution is 2.27. The molecule has 0 radical (unpaired) electrons. The molecule has 0 aromatic heterocycles. The Morgan fingerprint density at radius 3 is 2.50 bits per heavy atom. The van der Waals surface area contributed by atoms with Crippen LogP contribution in [0.4, 0.5) is 4.39 Å². The summed E-state index contributed by atoms with van der Waals surface area (Å²) < 4.78 is 13.5. The molecule has 0 spiro atoms. The molecule has 0 atom stereocenters. The van der Waals surface area contributed by atoms with E-state index in [4.69, 9.17) is 11.6 Å². The molecular weight excluding hydrogens is 251 g/mol. The molecule has 0 unspecified atom stereocenters. The number of benzene rings is 2. The van der Waals surface area contributed by atoms with Gasteiger partial charge >= 0.3 is 0 Å². The molecule has 2 aromatic carbocycles. The maximum absolute atomic E-state index is 13.5. The first-order valence-electron chi connectivity index (χ1n) is 5.55. The molecule has 0 bridgehead atoms. The first-order valence-corrected chi connectivity index (χ1v) is 5.93. The van der Waals surface area contributed by atoms with Gasteiger partial charge in [-0.15, -0.1) is 0 Å². The Balaban J connectivity index is 2.60. The van der Waals surface area contributed by atoms with Crippen molar-refractivity contribution in [3.05, 3.63) is 58.4 Å². The van der Waals surface area contributed by atoms with Crippen molar-refractivity contribution < 1.29 is 9.18 Å². The van der Waals surface area contributed by atoms with Crippen molar-refractivity contribution in [2.75, 3.05) is 0 Å². The van der Waals surface area contributed by atoms with Crippen molar-refractivity contribution in [3.8, 4) is 11.1 Å². The topological polar surface area (TPSA) is 17.1 Å². The molecule has 3 heteroatoms. The summed E-state index contributed by atoms with van der Waals surface area (Å²) in [5, 5.41) is 0.638. The SMILES string of the molecule is CC(=O)c1cc(F)cc(-c2ccc(Cl)cc2C)c1. The highest BCUT2D eigenvalue weighted by molar-refractivity contribution is 6.30.